The number of pyridine rings is 2. The highest BCUT2D eigenvalue weighted by molar-refractivity contribution is 5.95. The number of alkyl halides is 3. The molecule has 1 fully saturated rings. The number of primary amides is 1. The van der Waals surface area contributed by atoms with E-state index < -0.39 is 48.1 Å². The number of nitrogens with zero attached hydrogens (tertiary/aromatic N) is 2. The Morgan fingerprint density at radius 3 is 2.33 bits per heavy atom. The van der Waals surface area contributed by atoms with Crippen molar-refractivity contribution in [1.29, 1.82) is 0 Å². The topological polar surface area (TPSA) is 137 Å². The van der Waals surface area contributed by atoms with Gasteiger partial charge in [-0.05, 0) is 86.0 Å². The lowest BCUT2D eigenvalue weighted by Crippen LogP contribution is -2.51. The summed E-state index contributed by atoms with van der Waals surface area (Å²) in [6, 6.07) is 13.6. The predicted octanol–water partition coefficient (Wildman–Crippen LogP) is 5.10. The molecule has 0 bridgehead atoms. The first kappa shape index (κ1) is 32.4. The third-order valence-electron chi connectivity index (χ3n) is 7.27. The smallest absolute Gasteiger partial charge is 0.424 e. The third-order valence-corrected chi connectivity index (χ3v) is 7.27. The molecule has 2 aromatic carbocycles. The Morgan fingerprint density at radius 2 is 1.72 bits per heavy atom. The van der Waals surface area contributed by atoms with Crippen LogP contribution < -0.4 is 20.5 Å². The van der Waals surface area contributed by atoms with Crippen LogP contribution in [0.3, 0.4) is 0 Å². The van der Waals surface area contributed by atoms with Crippen LogP contribution >= 0.6 is 0 Å². The molecule has 240 valence electrons. The van der Waals surface area contributed by atoms with Gasteiger partial charge in [0, 0.05) is 34.6 Å². The van der Waals surface area contributed by atoms with E-state index in [1.165, 1.54) is 24.3 Å². The number of aliphatic hydroxyl groups is 1. The second-order valence-corrected chi connectivity index (χ2v) is 10.7. The fourth-order valence-electron chi connectivity index (χ4n) is 4.77. The van der Waals surface area contributed by atoms with Gasteiger partial charge < -0.3 is 25.6 Å². The molecule has 46 heavy (non-hydrogen) atoms. The van der Waals surface area contributed by atoms with Gasteiger partial charge >= 0.3 is 6.18 Å². The summed E-state index contributed by atoms with van der Waals surface area (Å²) in [6.45, 7) is 0.329. The maximum atomic E-state index is 14.7. The molecule has 5 rings (SSSR count). The highest BCUT2D eigenvalue weighted by Gasteiger charge is 2.56. The molecule has 2 heterocycles. The number of nitrogens with one attached hydrogen (secondary N) is 1. The van der Waals surface area contributed by atoms with Crippen molar-refractivity contribution in [2.75, 3.05) is 13.2 Å². The van der Waals surface area contributed by atoms with Crippen molar-refractivity contribution in [3.05, 3.63) is 95.7 Å². The summed E-state index contributed by atoms with van der Waals surface area (Å²) in [5.41, 5.74) is 2.07. The van der Waals surface area contributed by atoms with Crippen molar-refractivity contribution < 1.29 is 41.7 Å². The number of benzene rings is 2. The molecule has 2 amide bonds. The summed E-state index contributed by atoms with van der Waals surface area (Å²) in [7, 11) is 0. The van der Waals surface area contributed by atoms with Crippen LogP contribution in [0.4, 0.5) is 17.6 Å². The molecule has 1 aliphatic carbocycles. The standard InChI is InChI=1S/C33H30F4N4O5/c1-2-45-30-22(17-28(38)42)16-27(41-29(30)20-3-6-23(34)7-4-20)32(44,33(35,36)37)18-40-31(43)21-5-10-25(19-11-13-39-14-12-19)26(15-21)46-24-8-9-24/h3-7,10-16,24,44H,2,8-9,17-18H2,1H3,(H2,38,42)(H,40,43)/t32-/m0/s1. The molecule has 2 aromatic heterocycles. The first-order chi connectivity index (χ1) is 21.9. The van der Waals surface area contributed by atoms with Crippen LogP contribution in [0.1, 0.15) is 41.4 Å². The van der Waals surface area contributed by atoms with E-state index in [0.717, 1.165) is 36.6 Å². The minimum atomic E-state index is -5.35. The molecular weight excluding hydrogens is 608 g/mol. The Hall–Kier alpha value is -5.04. The highest BCUT2D eigenvalue weighted by atomic mass is 19.4. The lowest BCUT2D eigenvalue weighted by atomic mass is 9.93. The van der Waals surface area contributed by atoms with Gasteiger partial charge in [-0.15, -0.1) is 0 Å². The van der Waals surface area contributed by atoms with Gasteiger partial charge in [0.2, 0.25) is 11.5 Å². The largest absolute Gasteiger partial charge is 0.491 e. The first-order valence-electron chi connectivity index (χ1n) is 14.4. The van der Waals surface area contributed by atoms with Gasteiger partial charge in [-0.25, -0.2) is 9.37 Å². The van der Waals surface area contributed by atoms with Crippen LogP contribution in [0.15, 0.2) is 73.1 Å². The van der Waals surface area contributed by atoms with E-state index >= 15 is 0 Å². The molecular formula is C33H30F4N4O5. The maximum Gasteiger partial charge on any atom is 0.424 e. The molecule has 1 aliphatic rings. The van der Waals surface area contributed by atoms with Gasteiger partial charge in [-0.3, -0.25) is 14.6 Å². The van der Waals surface area contributed by atoms with Gasteiger partial charge in [0.15, 0.2) is 0 Å². The van der Waals surface area contributed by atoms with Gasteiger partial charge in [0.1, 0.15) is 23.0 Å². The summed E-state index contributed by atoms with van der Waals surface area (Å²) < 4.78 is 69.4. The number of halogens is 4. The Kier molecular flexibility index (Phi) is 9.24. The Balaban J connectivity index is 1.52. The molecule has 1 saturated carbocycles. The van der Waals surface area contributed by atoms with Crippen LogP contribution in [-0.4, -0.2) is 52.3 Å². The van der Waals surface area contributed by atoms with Crippen LogP contribution in [0, 0.1) is 5.82 Å². The highest BCUT2D eigenvalue weighted by Crippen LogP contribution is 2.42. The van der Waals surface area contributed by atoms with Crippen LogP contribution in [0.25, 0.3) is 22.4 Å². The predicted molar refractivity (Wildman–Crippen MR) is 159 cm³/mol. The number of rotatable bonds is 12. The van der Waals surface area contributed by atoms with Crippen LogP contribution in [0.2, 0.25) is 0 Å². The summed E-state index contributed by atoms with van der Waals surface area (Å²) >= 11 is 0. The number of hydrogen-bond donors (Lipinski definition) is 3. The van der Waals surface area contributed by atoms with Crippen molar-refractivity contribution in [3.8, 4) is 33.9 Å². The molecule has 13 heteroatoms. The Labute approximate surface area is 261 Å². The lowest BCUT2D eigenvalue weighted by Gasteiger charge is -2.31. The van der Waals surface area contributed by atoms with Crippen molar-refractivity contribution in [1.82, 2.24) is 15.3 Å². The lowest BCUT2D eigenvalue weighted by molar-refractivity contribution is -0.265. The molecule has 0 unspecified atom stereocenters. The molecule has 4 N–H and O–H groups in total. The normalized spacial score (nSPS) is 14.3. The summed E-state index contributed by atoms with van der Waals surface area (Å²) in [6.07, 6.45) is -1.08. The van der Waals surface area contributed by atoms with E-state index in [1.807, 2.05) is 0 Å². The first-order valence-corrected chi connectivity index (χ1v) is 14.4. The minimum Gasteiger partial charge on any atom is -0.491 e. The number of hydrogen-bond acceptors (Lipinski definition) is 7. The third kappa shape index (κ3) is 7.09. The number of ether oxygens (including phenoxy) is 2. The van der Waals surface area contributed by atoms with E-state index in [1.54, 1.807) is 37.5 Å². The zero-order chi connectivity index (χ0) is 33.1. The summed E-state index contributed by atoms with van der Waals surface area (Å²) in [5.74, 6) is -2.08. The van der Waals surface area contributed by atoms with E-state index in [9.17, 15) is 32.3 Å². The SMILES string of the molecule is CCOc1c(CC(N)=O)cc([C@@](O)(CNC(=O)c2ccc(-c3ccncc3)c(OC3CC3)c2)C(F)(F)F)nc1-c1ccc(F)cc1. The molecule has 1 atom stereocenters. The quantitative estimate of drug-likeness (QED) is 0.184. The van der Waals surface area contributed by atoms with Gasteiger partial charge in [0.25, 0.3) is 5.91 Å². The molecule has 0 aliphatic heterocycles. The van der Waals surface area contributed by atoms with Crippen molar-refractivity contribution in [2.24, 2.45) is 5.73 Å². The average Bonchev–Trinajstić information content (AvgIpc) is 3.84. The molecule has 4 aromatic rings. The number of aromatic nitrogens is 2. The van der Waals surface area contributed by atoms with E-state index in [0.29, 0.717) is 11.3 Å². The van der Waals surface area contributed by atoms with Gasteiger partial charge in [-0.1, -0.05) is 0 Å². The summed E-state index contributed by atoms with van der Waals surface area (Å²) in [4.78, 5) is 33.2. The number of carbonyl (C=O) groups is 2. The summed E-state index contributed by atoms with van der Waals surface area (Å²) in [5, 5.41) is 13.4. The number of nitrogens with two attached hydrogens (primary N) is 1. The van der Waals surface area contributed by atoms with E-state index in [-0.39, 0.29) is 40.8 Å². The fraction of sp³-hybridized carbons (Fsp3) is 0.273. The van der Waals surface area contributed by atoms with Crippen LogP contribution in [-0.2, 0) is 16.8 Å². The second kappa shape index (κ2) is 13.1. The monoisotopic (exact) mass is 638 g/mol. The molecule has 9 nitrogen and oxygen atoms in total. The Morgan fingerprint density at radius 1 is 1.02 bits per heavy atom. The number of amides is 2. The van der Waals surface area contributed by atoms with Crippen molar-refractivity contribution >= 4 is 11.8 Å². The van der Waals surface area contributed by atoms with E-state index in [2.05, 4.69) is 15.3 Å². The molecule has 0 saturated heterocycles. The zero-order valence-corrected chi connectivity index (χ0v) is 24.6. The molecule has 0 spiro atoms. The Bertz CT molecular complexity index is 1730. The average molecular weight is 639 g/mol. The number of carbonyl (C=O) groups excluding carboxylic acids is 2. The van der Waals surface area contributed by atoms with Crippen molar-refractivity contribution in [2.45, 2.75) is 44.1 Å². The minimum absolute atomic E-state index is 0.000878. The maximum absolute atomic E-state index is 14.7. The van der Waals surface area contributed by atoms with Crippen molar-refractivity contribution in [3.63, 3.8) is 0 Å². The van der Waals surface area contributed by atoms with Gasteiger partial charge in [0.05, 0.1) is 31.4 Å². The molecule has 0 radical (unpaired) electrons. The fourth-order valence-corrected chi connectivity index (χ4v) is 4.77. The second-order valence-electron chi connectivity index (χ2n) is 10.7. The van der Waals surface area contributed by atoms with E-state index in [4.69, 9.17) is 15.2 Å². The zero-order valence-electron chi connectivity index (χ0n) is 24.6. The van der Waals surface area contributed by atoms with Crippen LogP contribution in [0.5, 0.6) is 11.5 Å². The van der Waals surface area contributed by atoms with Gasteiger partial charge in [-0.2, -0.15) is 13.2 Å².